The van der Waals surface area contributed by atoms with Crippen LogP contribution in [-0.4, -0.2) is 4.98 Å². The minimum atomic E-state index is -0.499. The molecule has 18 heavy (non-hydrogen) atoms. The van der Waals surface area contributed by atoms with E-state index in [-0.39, 0.29) is 5.58 Å². The average Bonchev–Trinajstić information content (AvgIpc) is 2.74. The molecule has 0 fully saturated rings. The molecule has 1 aromatic heterocycles. The van der Waals surface area contributed by atoms with Gasteiger partial charge in [-0.05, 0) is 30.3 Å². The van der Waals surface area contributed by atoms with Gasteiger partial charge in [-0.1, -0.05) is 15.9 Å². The highest BCUT2D eigenvalue weighted by atomic mass is 79.9. The second-order valence-electron chi connectivity index (χ2n) is 3.88. The molecule has 2 aromatic carbocycles. The number of benzene rings is 2. The lowest BCUT2D eigenvalue weighted by atomic mass is 10.2. The number of hydrogen-bond acceptors (Lipinski definition) is 3. The summed E-state index contributed by atoms with van der Waals surface area (Å²) >= 11 is 3.35. The van der Waals surface area contributed by atoms with Crippen LogP contribution in [0.25, 0.3) is 22.6 Å². The molecule has 0 spiro atoms. The van der Waals surface area contributed by atoms with Gasteiger partial charge in [0.1, 0.15) is 5.52 Å². The molecule has 0 bridgehead atoms. The number of fused-ring (bicyclic) bond motifs is 1. The number of oxazole rings is 1. The summed E-state index contributed by atoms with van der Waals surface area (Å²) in [5.41, 5.74) is 7.23. The first-order valence-corrected chi connectivity index (χ1v) is 6.04. The molecule has 0 aliphatic rings. The van der Waals surface area contributed by atoms with Crippen molar-refractivity contribution in [2.75, 3.05) is 5.73 Å². The molecule has 0 aliphatic heterocycles. The van der Waals surface area contributed by atoms with E-state index in [0.29, 0.717) is 17.1 Å². The van der Waals surface area contributed by atoms with Crippen molar-refractivity contribution in [1.29, 1.82) is 0 Å². The van der Waals surface area contributed by atoms with Gasteiger partial charge in [0.2, 0.25) is 5.89 Å². The molecule has 5 heteroatoms. The zero-order valence-electron chi connectivity index (χ0n) is 9.15. The number of hydrogen-bond donors (Lipinski definition) is 1. The Morgan fingerprint density at radius 1 is 1.17 bits per heavy atom. The largest absolute Gasteiger partial charge is 0.433 e. The second-order valence-corrected chi connectivity index (χ2v) is 4.79. The van der Waals surface area contributed by atoms with E-state index in [9.17, 15) is 4.39 Å². The van der Waals surface area contributed by atoms with Crippen molar-refractivity contribution in [3.63, 3.8) is 0 Å². The van der Waals surface area contributed by atoms with Crippen molar-refractivity contribution in [2.45, 2.75) is 0 Å². The fourth-order valence-electron chi connectivity index (χ4n) is 1.73. The first kappa shape index (κ1) is 11.2. The van der Waals surface area contributed by atoms with E-state index < -0.39 is 5.82 Å². The van der Waals surface area contributed by atoms with Crippen molar-refractivity contribution in [3.05, 3.63) is 46.7 Å². The zero-order chi connectivity index (χ0) is 12.7. The van der Waals surface area contributed by atoms with E-state index in [2.05, 4.69) is 20.9 Å². The third kappa shape index (κ3) is 1.86. The maximum atomic E-state index is 13.6. The van der Waals surface area contributed by atoms with Crippen LogP contribution < -0.4 is 5.73 Å². The Morgan fingerprint density at radius 3 is 2.61 bits per heavy atom. The summed E-state index contributed by atoms with van der Waals surface area (Å²) in [6, 6.07) is 10.2. The Morgan fingerprint density at radius 2 is 1.89 bits per heavy atom. The molecule has 90 valence electrons. The fourth-order valence-corrected chi connectivity index (χ4v) is 1.99. The van der Waals surface area contributed by atoms with Crippen molar-refractivity contribution in [1.82, 2.24) is 4.98 Å². The van der Waals surface area contributed by atoms with Gasteiger partial charge in [0.15, 0.2) is 11.4 Å². The standard InChI is InChI=1S/C13H8BrFN2O/c14-8-3-1-7(2-4-8)13-17-11-6-9(16)5-10(15)12(11)18-13/h1-6H,16H2. The van der Waals surface area contributed by atoms with Crippen LogP contribution in [0.2, 0.25) is 0 Å². The summed E-state index contributed by atoms with van der Waals surface area (Å²) in [6.45, 7) is 0. The summed E-state index contributed by atoms with van der Waals surface area (Å²) < 4.78 is 20.0. The predicted octanol–water partition coefficient (Wildman–Crippen LogP) is 3.98. The summed E-state index contributed by atoms with van der Waals surface area (Å²) in [6.07, 6.45) is 0. The Kier molecular flexibility index (Phi) is 2.56. The van der Waals surface area contributed by atoms with E-state index in [1.54, 1.807) is 6.07 Å². The molecule has 3 aromatic rings. The van der Waals surface area contributed by atoms with Gasteiger partial charge >= 0.3 is 0 Å². The molecule has 0 amide bonds. The van der Waals surface area contributed by atoms with E-state index >= 15 is 0 Å². The lowest BCUT2D eigenvalue weighted by Gasteiger charge is -1.94. The van der Waals surface area contributed by atoms with Crippen LogP contribution in [0.4, 0.5) is 10.1 Å². The SMILES string of the molecule is Nc1cc(F)c2oc(-c3ccc(Br)cc3)nc2c1. The lowest BCUT2D eigenvalue weighted by molar-refractivity contribution is 0.564. The molecule has 3 rings (SSSR count). The lowest BCUT2D eigenvalue weighted by Crippen LogP contribution is -1.86. The zero-order valence-corrected chi connectivity index (χ0v) is 10.7. The summed E-state index contributed by atoms with van der Waals surface area (Å²) in [5, 5.41) is 0. The summed E-state index contributed by atoms with van der Waals surface area (Å²) in [5.74, 6) is -0.122. The van der Waals surface area contributed by atoms with Crippen molar-refractivity contribution in [2.24, 2.45) is 0 Å². The molecule has 0 unspecified atom stereocenters. The third-order valence-electron chi connectivity index (χ3n) is 2.56. The van der Waals surface area contributed by atoms with Crippen molar-refractivity contribution in [3.8, 4) is 11.5 Å². The minimum absolute atomic E-state index is 0.127. The summed E-state index contributed by atoms with van der Waals surface area (Å²) in [4.78, 5) is 4.23. The van der Waals surface area contributed by atoms with Crippen LogP contribution >= 0.6 is 15.9 Å². The topological polar surface area (TPSA) is 52.0 Å². The quantitative estimate of drug-likeness (QED) is 0.692. The van der Waals surface area contributed by atoms with E-state index in [1.165, 1.54) is 6.07 Å². The fraction of sp³-hybridized carbons (Fsp3) is 0. The third-order valence-corrected chi connectivity index (χ3v) is 3.09. The van der Waals surface area contributed by atoms with E-state index in [1.807, 2.05) is 24.3 Å². The maximum Gasteiger partial charge on any atom is 0.227 e. The number of halogens is 2. The summed E-state index contributed by atoms with van der Waals surface area (Å²) in [7, 11) is 0. The van der Waals surface area contributed by atoms with Crippen LogP contribution in [-0.2, 0) is 0 Å². The Hall–Kier alpha value is -1.88. The number of nitrogens with two attached hydrogens (primary N) is 1. The molecule has 0 saturated heterocycles. The molecule has 0 radical (unpaired) electrons. The van der Waals surface area contributed by atoms with Gasteiger partial charge < -0.3 is 10.2 Å². The van der Waals surface area contributed by atoms with Crippen LogP contribution in [0.1, 0.15) is 0 Å². The smallest absolute Gasteiger partial charge is 0.227 e. The average molecular weight is 307 g/mol. The monoisotopic (exact) mass is 306 g/mol. The highest BCUT2D eigenvalue weighted by Gasteiger charge is 2.12. The first-order valence-electron chi connectivity index (χ1n) is 5.25. The van der Waals surface area contributed by atoms with Gasteiger partial charge in [0, 0.05) is 21.8 Å². The first-order chi connectivity index (χ1) is 8.63. The second kappa shape index (κ2) is 4.10. The Bertz CT molecular complexity index is 722. The highest BCUT2D eigenvalue weighted by Crippen LogP contribution is 2.28. The van der Waals surface area contributed by atoms with Crippen molar-refractivity contribution >= 4 is 32.7 Å². The Balaban J connectivity index is 2.19. The van der Waals surface area contributed by atoms with Gasteiger partial charge in [-0.3, -0.25) is 0 Å². The molecule has 1 heterocycles. The van der Waals surface area contributed by atoms with Crippen LogP contribution in [0.15, 0.2) is 45.3 Å². The van der Waals surface area contributed by atoms with Gasteiger partial charge in [-0.15, -0.1) is 0 Å². The Labute approximate surface area is 111 Å². The van der Waals surface area contributed by atoms with Gasteiger partial charge in [-0.25, -0.2) is 9.37 Å². The van der Waals surface area contributed by atoms with Gasteiger partial charge in [0.25, 0.3) is 0 Å². The molecule has 0 aliphatic carbocycles. The normalized spacial score (nSPS) is 11.0. The van der Waals surface area contributed by atoms with Crippen LogP contribution in [0.5, 0.6) is 0 Å². The van der Waals surface area contributed by atoms with E-state index in [0.717, 1.165) is 10.0 Å². The van der Waals surface area contributed by atoms with E-state index in [4.69, 9.17) is 10.2 Å². The molecule has 0 saturated carbocycles. The molecule has 2 N–H and O–H groups in total. The van der Waals surface area contributed by atoms with Crippen LogP contribution in [0.3, 0.4) is 0 Å². The van der Waals surface area contributed by atoms with Crippen molar-refractivity contribution < 1.29 is 8.81 Å². The van der Waals surface area contributed by atoms with Gasteiger partial charge in [0.05, 0.1) is 0 Å². The number of aromatic nitrogens is 1. The minimum Gasteiger partial charge on any atom is -0.433 e. The molecular weight excluding hydrogens is 299 g/mol. The molecule has 0 atom stereocenters. The highest BCUT2D eigenvalue weighted by molar-refractivity contribution is 9.10. The van der Waals surface area contributed by atoms with Crippen LogP contribution in [0, 0.1) is 5.82 Å². The maximum absolute atomic E-state index is 13.6. The number of rotatable bonds is 1. The number of anilines is 1. The molecule has 3 nitrogen and oxygen atoms in total. The number of nitrogen functional groups attached to an aromatic ring is 1. The predicted molar refractivity (Wildman–Crippen MR) is 71.5 cm³/mol. The van der Waals surface area contributed by atoms with Gasteiger partial charge in [-0.2, -0.15) is 0 Å². The number of nitrogens with zero attached hydrogens (tertiary/aromatic N) is 1. The molecular formula is C13H8BrFN2O.